The lowest BCUT2D eigenvalue weighted by molar-refractivity contribution is -0.136. The molecule has 7 heteroatoms. The Labute approximate surface area is 127 Å². The number of rotatable bonds is 4. The molecule has 2 heterocycles. The second kappa shape index (κ2) is 5.98. The van der Waals surface area contributed by atoms with Gasteiger partial charge in [-0.1, -0.05) is 24.3 Å². The van der Waals surface area contributed by atoms with Crippen molar-refractivity contribution in [3.05, 3.63) is 47.4 Å². The third kappa shape index (κ3) is 2.99. The van der Waals surface area contributed by atoms with Gasteiger partial charge in [-0.2, -0.15) is 0 Å². The van der Waals surface area contributed by atoms with E-state index in [1.54, 1.807) is 18.7 Å². The van der Waals surface area contributed by atoms with Gasteiger partial charge in [0.05, 0.1) is 32.2 Å². The first-order valence-corrected chi connectivity index (χ1v) is 6.91. The van der Waals surface area contributed by atoms with Crippen molar-refractivity contribution in [2.75, 3.05) is 11.9 Å². The van der Waals surface area contributed by atoms with Crippen LogP contribution < -0.4 is 5.32 Å². The second-order valence-corrected chi connectivity index (χ2v) is 5.15. The molecule has 2 aromatic rings. The summed E-state index contributed by atoms with van der Waals surface area (Å²) < 4.78 is 1.87. The summed E-state index contributed by atoms with van der Waals surface area (Å²) >= 11 is 0. The summed E-state index contributed by atoms with van der Waals surface area (Å²) in [5.74, 6) is -0.146. The molecule has 1 aromatic heterocycles. The zero-order valence-electron chi connectivity index (χ0n) is 11.8. The van der Waals surface area contributed by atoms with E-state index < -0.39 is 12.1 Å². The molecular formula is C15H16N4O3. The molecule has 0 spiro atoms. The number of anilines is 1. The number of aromatic nitrogens is 2. The summed E-state index contributed by atoms with van der Waals surface area (Å²) in [4.78, 5) is 19.1. The Hall–Kier alpha value is -2.67. The Morgan fingerprint density at radius 3 is 3.05 bits per heavy atom. The molecule has 1 unspecified atom stereocenters. The average Bonchev–Trinajstić information content (AvgIpc) is 2.76. The molecule has 1 aliphatic rings. The number of fused-ring (bicyclic) bond motifs is 1. The minimum atomic E-state index is -0.852. The number of aliphatic hydroxyl groups is 1. The van der Waals surface area contributed by atoms with Gasteiger partial charge in [-0.3, -0.25) is 9.79 Å². The van der Waals surface area contributed by atoms with Crippen LogP contribution in [0.3, 0.4) is 0 Å². The topological polar surface area (TPSA) is 99.7 Å². The van der Waals surface area contributed by atoms with E-state index in [-0.39, 0.29) is 13.0 Å². The van der Waals surface area contributed by atoms with Crippen molar-refractivity contribution in [2.24, 2.45) is 4.99 Å². The van der Waals surface area contributed by atoms with Crippen molar-refractivity contribution in [3.63, 3.8) is 0 Å². The normalized spacial score (nSPS) is 16.7. The van der Waals surface area contributed by atoms with Crippen LogP contribution in [0, 0.1) is 0 Å². The first kappa shape index (κ1) is 14.3. The Morgan fingerprint density at radius 2 is 2.23 bits per heavy atom. The Balaban J connectivity index is 1.85. The molecule has 1 atom stereocenters. The van der Waals surface area contributed by atoms with E-state index in [2.05, 4.69) is 15.3 Å². The van der Waals surface area contributed by atoms with Gasteiger partial charge >= 0.3 is 5.97 Å². The molecule has 0 amide bonds. The predicted octanol–water partition coefficient (Wildman–Crippen LogP) is 1.05. The minimum absolute atomic E-state index is 0.000498. The first-order chi connectivity index (χ1) is 10.6. The highest BCUT2D eigenvalue weighted by molar-refractivity contribution is 5.76. The quantitative estimate of drug-likeness (QED) is 0.783. The summed E-state index contributed by atoms with van der Waals surface area (Å²) in [7, 11) is 0. The minimum Gasteiger partial charge on any atom is -0.481 e. The molecule has 114 valence electrons. The fourth-order valence-corrected chi connectivity index (χ4v) is 2.47. The van der Waals surface area contributed by atoms with Crippen molar-refractivity contribution in [1.29, 1.82) is 0 Å². The molecule has 7 nitrogen and oxygen atoms in total. The summed E-state index contributed by atoms with van der Waals surface area (Å²) in [5, 5.41) is 21.9. The highest BCUT2D eigenvalue weighted by Crippen LogP contribution is 2.24. The van der Waals surface area contributed by atoms with Crippen LogP contribution in [0.2, 0.25) is 0 Å². The largest absolute Gasteiger partial charge is 0.481 e. The fourth-order valence-electron chi connectivity index (χ4n) is 2.47. The van der Waals surface area contributed by atoms with Gasteiger partial charge < -0.3 is 20.1 Å². The van der Waals surface area contributed by atoms with Crippen LogP contribution in [0.1, 0.15) is 22.9 Å². The maximum Gasteiger partial charge on any atom is 0.307 e. The van der Waals surface area contributed by atoms with E-state index in [9.17, 15) is 9.90 Å². The van der Waals surface area contributed by atoms with Crippen molar-refractivity contribution < 1.29 is 15.0 Å². The van der Waals surface area contributed by atoms with Crippen LogP contribution in [-0.2, 0) is 17.8 Å². The highest BCUT2D eigenvalue weighted by atomic mass is 16.4. The van der Waals surface area contributed by atoms with E-state index >= 15 is 0 Å². The van der Waals surface area contributed by atoms with Crippen molar-refractivity contribution in [2.45, 2.75) is 19.1 Å². The molecule has 0 saturated heterocycles. The van der Waals surface area contributed by atoms with Gasteiger partial charge in [0.25, 0.3) is 0 Å². The molecule has 0 aliphatic carbocycles. The van der Waals surface area contributed by atoms with Gasteiger partial charge in [0.2, 0.25) is 0 Å². The number of carboxylic acid groups (broad SMARTS) is 1. The number of nitrogens with zero attached hydrogens (tertiary/aromatic N) is 3. The zero-order chi connectivity index (χ0) is 15.5. The van der Waals surface area contributed by atoms with E-state index in [1.807, 2.05) is 22.8 Å². The van der Waals surface area contributed by atoms with Crippen LogP contribution in [0.5, 0.6) is 0 Å². The number of carbonyl (C=O) groups is 1. The number of carboxylic acids is 1. The standard InChI is InChI=1S/C15H16N4O3/c20-12-6-16-8-17-15-14(12)18-9-19(15)7-11-3-1-2-10(4-11)5-13(21)22/h1-4,8-9,12,20H,5-7H2,(H,16,17)(H,21,22). The van der Waals surface area contributed by atoms with Gasteiger partial charge in [-0.15, -0.1) is 0 Å². The van der Waals surface area contributed by atoms with E-state index in [0.29, 0.717) is 18.1 Å². The molecule has 22 heavy (non-hydrogen) atoms. The Morgan fingerprint density at radius 1 is 1.41 bits per heavy atom. The van der Waals surface area contributed by atoms with Gasteiger partial charge in [-0.05, 0) is 11.1 Å². The number of nitrogens with one attached hydrogen (secondary N) is 1. The van der Waals surface area contributed by atoms with E-state index in [0.717, 1.165) is 11.1 Å². The smallest absolute Gasteiger partial charge is 0.307 e. The third-order valence-electron chi connectivity index (χ3n) is 3.45. The molecular weight excluding hydrogens is 284 g/mol. The van der Waals surface area contributed by atoms with E-state index in [1.165, 1.54) is 0 Å². The lowest BCUT2D eigenvalue weighted by atomic mass is 10.1. The number of aliphatic imine (C=N–C) groups is 1. The van der Waals surface area contributed by atoms with Gasteiger partial charge in [0, 0.05) is 0 Å². The zero-order valence-corrected chi connectivity index (χ0v) is 11.8. The first-order valence-electron chi connectivity index (χ1n) is 6.91. The van der Waals surface area contributed by atoms with Gasteiger partial charge in [0.15, 0.2) is 0 Å². The lowest BCUT2D eigenvalue weighted by Gasteiger charge is -2.10. The van der Waals surface area contributed by atoms with Gasteiger partial charge in [-0.25, -0.2) is 4.98 Å². The maximum atomic E-state index is 10.8. The molecule has 0 fully saturated rings. The summed E-state index contributed by atoms with van der Waals surface area (Å²) in [6.45, 7) is 0.814. The van der Waals surface area contributed by atoms with E-state index in [4.69, 9.17) is 5.11 Å². The number of imidazole rings is 1. The summed E-state index contributed by atoms with van der Waals surface area (Å²) in [6.07, 6.45) is 2.48. The molecule has 3 N–H and O–H groups in total. The molecule has 0 bridgehead atoms. The molecule has 0 radical (unpaired) electrons. The molecule has 1 aliphatic heterocycles. The number of hydrogen-bond donors (Lipinski definition) is 3. The fraction of sp³-hybridized carbons (Fsp3) is 0.267. The highest BCUT2D eigenvalue weighted by Gasteiger charge is 2.19. The molecule has 0 saturated carbocycles. The van der Waals surface area contributed by atoms with Crippen molar-refractivity contribution in [1.82, 2.24) is 9.55 Å². The maximum absolute atomic E-state index is 10.8. The number of hydrogen-bond acceptors (Lipinski definition) is 5. The monoisotopic (exact) mass is 300 g/mol. The van der Waals surface area contributed by atoms with Crippen LogP contribution in [0.25, 0.3) is 0 Å². The lowest BCUT2D eigenvalue weighted by Crippen LogP contribution is -2.07. The van der Waals surface area contributed by atoms with Crippen molar-refractivity contribution in [3.8, 4) is 0 Å². The second-order valence-electron chi connectivity index (χ2n) is 5.15. The molecule has 1 aromatic carbocycles. The van der Waals surface area contributed by atoms with Gasteiger partial charge in [0.1, 0.15) is 17.6 Å². The number of benzene rings is 1. The number of aliphatic carboxylic acids is 1. The SMILES string of the molecule is O=C(O)Cc1cccc(Cn2cnc3c2NC=NCC3O)c1. The van der Waals surface area contributed by atoms with Crippen LogP contribution in [0.15, 0.2) is 35.6 Å². The van der Waals surface area contributed by atoms with Crippen molar-refractivity contribution >= 4 is 18.1 Å². The average molecular weight is 300 g/mol. The summed E-state index contributed by atoms with van der Waals surface area (Å²) in [5.41, 5.74) is 2.29. The third-order valence-corrected chi connectivity index (χ3v) is 3.45. The van der Waals surface area contributed by atoms with Crippen LogP contribution >= 0.6 is 0 Å². The Kier molecular flexibility index (Phi) is 3.88. The summed E-state index contributed by atoms with van der Waals surface area (Å²) in [6, 6.07) is 7.42. The van der Waals surface area contributed by atoms with Crippen LogP contribution in [-0.4, -0.2) is 38.6 Å². The number of aliphatic hydroxyl groups excluding tert-OH is 1. The molecule has 3 rings (SSSR count). The predicted molar refractivity (Wildman–Crippen MR) is 81.1 cm³/mol. The van der Waals surface area contributed by atoms with Crippen LogP contribution in [0.4, 0.5) is 5.82 Å². The Bertz CT molecular complexity index is 723.